The van der Waals surface area contributed by atoms with E-state index in [0.717, 1.165) is 10.2 Å². The lowest BCUT2D eigenvalue weighted by atomic mass is 10.3. The van der Waals surface area contributed by atoms with Crippen LogP contribution in [0.1, 0.15) is 5.69 Å². The first-order chi connectivity index (χ1) is 4.61. The van der Waals surface area contributed by atoms with Crippen molar-refractivity contribution in [1.29, 1.82) is 0 Å². The highest BCUT2D eigenvalue weighted by Crippen LogP contribution is 2.24. The molecule has 54 valence electrons. The van der Waals surface area contributed by atoms with Crippen LogP contribution in [-0.2, 0) is 0 Å². The Hall–Kier alpha value is -0.280. The number of aryl methyl sites for hydroxylation is 1. The normalized spacial score (nSPS) is 9.90. The number of rotatable bonds is 0. The van der Waals surface area contributed by atoms with E-state index in [2.05, 4.69) is 20.9 Å². The van der Waals surface area contributed by atoms with E-state index >= 15 is 0 Å². The molecule has 0 saturated heterocycles. The summed E-state index contributed by atoms with van der Waals surface area (Å²) in [5.41, 5.74) is 6.98. The van der Waals surface area contributed by atoms with Gasteiger partial charge in [-0.15, -0.1) is 0 Å². The minimum Gasteiger partial charge on any atom is -0.396 e. The molecule has 0 spiro atoms. The molecule has 0 aliphatic rings. The van der Waals surface area contributed by atoms with Crippen LogP contribution in [0.4, 0.5) is 5.69 Å². The van der Waals surface area contributed by atoms with Crippen molar-refractivity contribution in [3.05, 3.63) is 21.4 Å². The Labute approximate surface area is 72.5 Å². The molecule has 1 aromatic rings. The molecule has 0 amide bonds. The summed E-state index contributed by atoms with van der Waals surface area (Å²) in [6.07, 6.45) is 0. The van der Waals surface area contributed by atoms with Crippen molar-refractivity contribution in [3.63, 3.8) is 0 Å². The molecule has 0 atom stereocenters. The van der Waals surface area contributed by atoms with Gasteiger partial charge in [0.05, 0.1) is 11.4 Å². The van der Waals surface area contributed by atoms with Crippen LogP contribution in [0.15, 0.2) is 10.5 Å². The summed E-state index contributed by atoms with van der Waals surface area (Å²) in [6.45, 7) is 1.81. The molecule has 4 heteroatoms. The highest BCUT2D eigenvalue weighted by Gasteiger charge is 2.01. The first-order valence-corrected chi connectivity index (χ1v) is 3.86. The van der Waals surface area contributed by atoms with Gasteiger partial charge in [-0.25, -0.2) is 4.98 Å². The largest absolute Gasteiger partial charge is 0.396 e. The van der Waals surface area contributed by atoms with E-state index in [1.807, 2.05) is 6.92 Å². The van der Waals surface area contributed by atoms with Crippen molar-refractivity contribution < 1.29 is 0 Å². The molecule has 0 aliphatic carbocycles. The molecule has 1 heterocycles. The summed E-state index contributed by atoms with van der Waals surface area (Å²) in [5, 5.41) is 0.457. The SMILES string of the molecule is Cc1nc(Cl)cc(Br)c1N. The highest BCUT2D eigenvalue weighted by molar-refractivity contribution is 9.10. The third kappa shape index (κ3) is 1.41. The Morgan fingerprint density at radius 2 is 2.30 bits per heavy atom. The Balaban J connectivity index is 3.31. The van der Waals surface area contributed by atoms with Crippen molar-refractivity contribution in [2.24, 2.45) is 0 Å². The van der Waals surface area contributed by atoms with E-state index in [0.29, 0.717) is 10.8 Å². The van der Waals surface area contributed by atoms with Crippen molar-refractivity contribution in [2.45, 2.75) is 6.92 Å². The number of aromatic nitrogens is 1. The molecule has 2 N–H and O–H groups in total. The second kappa shape index (κ2) is 2.76. The number of anilines is 1. The van der Waals surface area contributed by atoms with E-state index in [1.165, 1.54) is 0 Å². The maximum atomic E-state index is 5.63. The number of nitrogens with two attached hydrogens (primary N) is 1. The van der Waals surface area contributed by atoms with E-state index in [4.69, 9.17) is 17.3 Å². The fourth-order valence-corrected chi connectivity index (χ4v) is 1.48. The highest BCUT2D eigenvalue weighted by atomic mass is 79.9. The van der Waals surface area contributed by atoms with Gasteiger partial charge in [-0.3, -0.25) is 0 Å². The number of hydrogen-bond donors (Lipinski definition) is 1. The zero-order valence-electron chi connectivity index (χ0n) is 5.36. The molecule has 1 rings (SSSR count). The number of nitrogens with zero attached hydrogens (tertiary/aromatic N) is 1. The van der Waals surface area contributed by atoms with Gasteiger partial charge in [0.2, 0.25) is 0 Å². The topological polar surface area (TPSA) is 38.9 Å². The van der Waals surface area contributed by atoms with E-state index in [-0.39, 0.29) is 0 Å². The smallest absolute Gasteiger partial charge is 0.130 e. The van der Waals surface area contributed by atoms with Crippen LogP contribution < -0.4 is 5.73 Å². The quantitative estimate of drug-likeness (QED) is 0.683. The van der Waals surface area contributed by atoms with Crippen LogP contribution in [-0.4, -0.2) is 4.98 Å². The second-order valence-corrected chi connectivity index (χ2v) is 3.17. The molecule has 10 heavy (non-hydrogen) atoms. The maximum absolute atomic E-state index is 5.63. The van der Waals surface area contributed by atoms with Crippen LogP contribution >= 0.6 is 27.5 Å². The van der Waals surface area contributed by atoms with E-state index < -0.39 is 0 Å². The minimum atomic E-state index is 0.457. The summed E-state index contributed by atoms with van der Waals surface area (Å²) in [4.78, 5) is 3.94. The lowest BCUT2D eigenvalue weighted by Gasteiger charge is -2.00. The van der Waals surface area contributed by atoms with Gasteiger partial charge in [0, 0.05) is 4.47 Å². The van der Waals surface area contributed by atoms with Gasteiger partial charge >= 0.3 is 0 Å². The predicted molar refractivity (Wildman–Crippen MR) is 46.1 cm³/mol. The number of nitrogen functional groups attached to an aromatic ring is 1. The van der Waals surface area contributed by atoms with Gasteiger partial charge in [0.25, 0.3) is 0 Å². The van der Waals surface area contributed by atoms with Gasteiger partial charge in [-0.2, -0.15) is 0 Å². The molecule has 1 aromatic heterocycles. The van der Waals surface area contributed by atoms with Crippen LogP contribution in [0.3, 0.4) is 0 Å². The van der Waals surface area contributed by atoms with Crippen LogP contribution in [0.25, 0.3) is 0 Å². The van der Waals surface area contributed by atoms with Crippen molar-refractivity contribution in [3.8, 4) is 0 Å². The van der Waals surface area contributed by atoms with Crippen molar-refractivity contribution >= 4 is 33.2 Å². The lowest BCUT2D eigenvalue weighted by molar-refractivity contribution is 1.20. The number of hydrogen-bond acceptors (Lipinski definition) is 2. The molecule has 0 fully saturated rings. The Morgan fingerprint density at radius 1 is 1.70 bits per heavy atom. The predicted octanol–water partition coefficient (Wildman–Crippen LogP) is 2.39. The van der Waals surface area contributed by atoms with Crippen molar-refractivity contribution in [2.75, 3.05) is 5.73 Å². The van der Waals surface area contributed by atoms with Gasteiger partial charge in [-0.05, 0) is 28.9 Å². The third-order valence-electron chi connectivity index (χ3n) is 1.17. The second-order valence-electron chi connectivity index (χ2n) is 1.93. The van der Waals surface area contributed by atoms with Crippen LogP contribution in [0.5, 0.6) is 0 Å². The molecule has 0 bridgehead atoms. The maximum Gasteiger partial charge on any atom is 0.130 e. The summed E-state index contributed by atoms with van der Waals surface area (Å²) >= 11 is 8.87. The van der Waals surface area contributed by atoms with E-state index in [1.54, 1.807) is 6.07 Å². The molecule has 2 nitrogen and oxygen atoms in total. The van der Waals surface area contributed by atoms with Gasteiger partial charge in [0.1, 0.15) is 5.15 Å². The van der Waals surface area contributed by atoms with Gasteiger partial charge in [0.15, 0.2) is 0 Å². The molecule has 0 aromatic carbocycles. The summed E-state index contributed by atoms with van der Waals surface area (Å²) in [7, 11) is 0. The van der Waals surface area contributed by atoms with E-state index in [9.17, 15) is 0 Å². The van der Waals surface area contributed by atoms with Crippen LogP contribution in [0.2, 0.25) is 5.15 Å². The van der Waals surface area contributed by atoms with Crippen molar-refractivity contribution in [1.82, 2.24) is 4.98 Å². The molecule has 0 unspecified atom stereocenters. The lowest BCUT2D eigenvalue weighted by Crippen LogP contribution is -1.93. The average Bonchev–Trinajstić information content (AvgIpc) is 1.82. The standard InChI is InChI=1S/C6H6BrClN2/c1-3-6(9)4(7)2-5(8)10-3/h2H,9H2,1H3. The zero-order valence-corrected chi connectivity index (χ0v) is 7.70. The molecular formula is C6H6BrClN2. The van der Waals surface area contributed by atoms with Gasteiger partial charge in [-0.1, -0.05) is 11.6 Å². The third-order valence-corrected chi connectivity index (χ3v) is 2.02. The molecule has 0 aliphatic heterocycles. The first-order valence-electron chi connectivity index (χ1n) is 2.69. The first kappa shape index (κ1) is 7.82. The summed E-state index contributed by atoms with van der Waals surface area (Å²) in [6, 6.07) is 1.67. The fraction of sp³-hybridized carbons (Fsp3) is 0.167. The number of pyridine rings is 1. The number of halogens is 2. The Kier molecular flexibility index (Phi) is 2.16. The van der Waals surface area contributed by atoms with Crippen LogP contribution in [0, 0.1) is 6.92 Å². The minimum absolute atomic E-state index is 0.457. The molecular weight excluding hydrogens is 215 g/mol. The molecule has 0 radical (unpaired) electrons. The Morgan fingerprint density at radius 3 is 2.80 bits per heavy atom. The summed E-state index contributed by atoms with van der Waals surface area (Å²) < 4.78 is 0.796. The zero-order chi connectivity index (χ0) is 7.72. The average molecular weight is 221 g/mol. The Bertz CT molecular complexity index is 239. The summed E-state index contributed by atoms with van der Waals surface area (Å²) in [5.74, 6) is 0. The fourth-order valence-electron chi connectivity index (χ4n) is 0.608. The molecule has 0 saturated carbocycles. The van der Waals surface area contributed by atoms with Gasteiger partial charge < -0.3 is 5.73 Å². The monoisotopic (exact) mass is 220 g/mol.